The van der Waals surface area contributed by atoms with Crippen LogP contribution in [0, 0.1) is 23.7 Å². The number of carbonyl (C=O) groups is 3. The van der Waals surface area contributed by atoms with Crippen LogP contribution in [0.4, 0.5) is 0 Å². The SMILES string of the molecule is C#CCC(C/C=C(\C)CCC(=O)C(C)C)(C(=O)OC)C(=O)OC. The molecule has 5 heteroatoms. The van der Waals surface area contributed by atoms with Crippen molar-refractivity contribution < 1.29 is 23.9 Å². The van der Waals surface area contributed by atoms with Crippen LogP contribution in [0.5, 0.6) is 0 Å². The highest BCUT2D eigenvalue weighted by Crippen LogP contribution is 2.31. The van der Waals surface area contributed by atoms with Gasteiger partial charge in [0.25, 0.3) is 0 Å². The lowest BCUT2D eigenvalue weighted by Crippen LogP contribution is -2.40. The molecular formula is C18H26O5. The Morgan fingerprint density at radius 2 is 1.65 bits per heavy atom. The molecule has 0 radical (unpaired) electrons. The zero-order valence-corrected chi connectivity index (χ0v) is 14.6. The number of ketones is 1. The Balaban J connectivity index is 5.20. The van der Waals surface area contributed by atoms with Gasteiger partial charge >= 0.3 is 11.9 Å². The lowest BCUT2D eigenvalue weighted by Gasteiger charge is -2.25. The largest absolute Gasteiger partial charge is 0.468 e. The average molecular weight is 322 g/mol. The third-order valence-corrected chi connectivity index (χ3v) is 3.76. The van der Waals surface area contributed by atoms with Gasteiger partial charge in [0.2, 0.25) is 0 Å². The normalized spacial score (nSPS) is 11.8. The minimum atomic E-state index is -1.54. The van der Waals surface area contributed by atoms with Gasteiger partial charge in [-0.2, -0.15) is 0 Å². The number of esters is 2. The molecule has 0 fully saturated rings. The molecule has 0 amide bonds. The van der Waals surface area contributed by atoms with Crippen molar-refractivity contribution in [3.63, 3.8) is 0 Å². The van der Waals surface area contributed by atoms with Crippen LogP contribution >= 0.6 is 0 Å². The molecule has 23 heavy (non-hydrogen) atoms. The molecule has 0 atom stereocenters. The predicted molar refractivity (Wildman–Crippen MR) is 87.4 cm³/mol. The van der Waals surface area contributed by atoms with Gasteiger partial charge in [-0.25, -0.2) is 0 Å². The highest BCUT2D eigenvalue weighted by atomic mass is 16.5. The minimum Gasteiger partial charge on any atom is -0.468 e. The molecule has 0 saturated heterocycles. The summed E-state index contributed by atoms with van der Waals surface area (Å²) in [4.78, 5) is 35.8. The Morgan fingerprint density at radius 3 is 2.04 bits per heavy atom. The highest BCUT2D eigenvalue weighted by Gasteiger charge is 2.47. The minimum absolute atomic E-state index is 0.00605. The zero-order valence-electron chi connectivity index (χ0n) is 14.6. The number of hydrogen-bond acceptors (Lipinski definition) is 5. The molecule has 0 N–H and O–H groups in total. The van der Waals surface area contributed by atoms with E-state index in [1.165, 1.54) is 14.2 Å². The van der Waals surface area contributed by atoms with Gasteiger partial charge in [0.1, 0.15) is 5.78 Å². The third-order valence-electron chi connectivity index (χ3n) is 3.76. The van der Waals surface area contributed by atoms with Gasteiger partial charge in [0, 0.05) is 18.8 Å². The molecule has 0 heterocycles. The van der Waals surface area contributed by atoms with Crippen molar-refractivity contribution in [2.75, 3.05) is 14.2 Å². The maximum Gasteiger partial charge on any atom is 0.324 e. The summed E-state index contributed by atoms with van der Waals surface area (Å²) in [5.74, 6) is 1.08. The van der Waals surface area contributed by atoms with Crippen LogP contribution in [0.15, 0.2) is 11.6 Å². The molecular weight excluding hydrogens is 296 g/mol. The molecule has 0 aliphatic rings. The number of hydrogen-bond donors (Lipinski definition) is 0. The number of methoxy groups -OCH3 is 2. The van der Waals surface area contributed by atoms with Crippen LogP contribution in [0.2, 0.25) is 0 Å². The Kier molecular flexibility index (Phi) is 8.94. The molecule has 0 rings (SSSR count). The van der Waals surface area contributed by atoms with E-state index >= 15 is 0 Å². The van der Waals surface area contributed by atoms with Crippen LogP contribution < -0.4 is 0 Å². The second kappa shape index (κ2) is 9.83. The van der Waals surface area contributed by atoms with E-state index in [9.17, 15) is 14.4 Å². The lowest BCUT2D eigenvalue weighted by molar-refractivity contribution is -0.168. The monoisotopic (exact) mass is 322 g/mol. The second-order valence-electron chi connectivity index (χ2n) is 5.82. The third kappa shape index (κ3) is 5.90. The van der Waals surface area contributed by atoms with Crippen molar-refractivity contribution in [3.05, 3.63) is 11.6 Å². The summed E-state index contributed by atoms with van der Waals surface area (Å²) >= 11 is 0. The van der Waals surface area contributed by atoms with Crippen LogP contribution in [0.3, 0.4) is 0 Å². The standard InChI is InChI=1S/C18H26O5/c1-7-11-18(16(20)22-5,17(21)23-6)12-10-14(4)8-9-15(19)13(2)3/h1,10,13H,8-9,11-12H2,2-6H3/b14-10+. The Bertz CT molecular complexity index is 492. The molecule has 0 aromatic rings. The predicted octanol–water partition coefficient (Wildman–Crippen LogP) is 2.68. The first-order chi connectivity index (χ1) is 10.7. The van der Waals surface area contributed by atoms with E-state index in [0.717, 1.165) is 5.57 Å². The van der Waals surface area contributed by atoms with Gasteiger partial charge in [-0.1, -0.05) is 25.5 Å². The summed E-state index contributed by atoms with van der Waals surface area (Å²) < 4.78 is 9.47. The molecule has 5 nitrogen and oxygen atoms in total. The van der Waals surface area contributed by atoms with E-state index in [-0.39, 0.29) is 24.5 Å². The van der Waals surface area contributed by atoms with Crippen LogP contribution in [0.25, 0.3) is 0 Å². The van der Waals surface area contributed by atoms with Gasteiger partial charge in [-0.15, -0.1) is 12.3 Å². The van der Waals surface area contributed by atoms with Crippen LogP contribution in [-0.2, 0) is 23.9 Å². The van der Waals surface area contributed by atoms with Gasteiger partial charge < -0.3 is 9.47 Å². The Morgan fingerprint density at radius 1 is 1.13 bits per heavy atom. The van der Waals surface area contributed by atoms with Gasteiger partial charge in [-0.3, -0.25) is 14.4 Å². The smallest absolute Gasteiger partial charge is 0.324 e. The molecule has 0 aromatic carbocycles. The Hall–Kier alpha value is -2.09. The maximum atomic E-state index is 12.1. The quantitative estimate of drug-likeness (QED) is 0.282. The zero-order chi connectivity index (χ0) is 18.0. The van der Waals surface area contributed by atoms with E-state index in [0.29, 0.717) is 12.8 Å². The molecule has 0 aliphatic carbocycles. The van der Waals surface area contributed by atoms with Crippen molar-refractivity contribution >= 4 is 17.7 Å². The van der Waals surface area contributed by atoms with Gasteiger partial charge in [0.15, 0.2) is 5.41 Å². The van der Waals surface area contributed by atoms with E-state index in [1.54, 1.807) is 6.08 Å². The topological polar surface area (TPSA) is 69.7 Å². The molecule has 0 aliphatic heterocycles. The second-order valence-corrected chi connectivity index (χ2v) is 5.82. The van der Waals surface area contributed by atoms with Crippen molar-refractivity contribution in [2.45, 2.75) is 46.5 Å². The number of Topliss-reactive ketones (excluding diaryl/α,β-unsaturated/α-hetero) is 1. The first-order valence-corrected chi connectivity index (χ1v) is 7.53. The molecule has 0 aromatic heterocycles. The number of ether oxygens (including phenoxy) is 2. The van der Waals surface area contributed by atoms with Crippen LogP contribution in [-0.4, -0.2) is 31.9 Å². The maximum absolute atomic E-state index is 12.1. The van der Waals surface area contributed by atoms with E-state index < -0.39 is 17.4 Å². The fourth-order valence-electron chi connectivity index (χ4n) is 2.09. The number of rotatable bonds is 9. The number of terminal acetylenes is 1. The summed E-state index contributed by atoms with van der Waals surface area (Å²) in [7, 11) is 2.41. The molecule has 0 unspecified atom stereocenters. The van der Waals surface area contributed by atoms with Crippen molar-refractivity contribution in [2.24, 2.45) is 11.3 Å². The molecule has 0 saturated carbocycles. The fraction of sp³-hybridized carbons (Fsp3) is 0.611. The summed E-state index contributed by atoms with van der Waals surface area (Å²) in [6.07, 6.45) is 8.03. The first-order valence-electron chi connectivity index (χ1n) is 7.53. The van der Waals surface area contributed by atoms with Crippen LogP contribution in [0.1, 0.15) is 46.5 Å². The van der Waals surface area contributed by atoms with Crippen molar-refractivity contribution in [3.8, 4) is 12.3 Å². The van der Waals surface area contributed by atoms with E-state index in [4.69, 9.17) is 15.9 Å². The van der Waals surface area contributed by atoms with Crippen molar-refractivity contribution in [1.29, 1.82) is 0 Å². The first kappa shape index (κ1) is 20.9. The highest BCUT2D eigenvalue weighted by molar-refractivity contribution is 6.00. The molecule has 0 spiro atoms. The average Bonchev–Trinajstić information content (AvgIpc) is 2.54. The fourth-order valence-corrected chi connectivity index (χ4v) is 2.09. The summed E-state index contributed by atoms with van der Waals surface area (Å²) in [5, 5.41) is 0. The van der Waals surface area contributed by atoms with E-state index in [1.807, 2.05) is 20.8 Å². The van der Waals surface area contributed by atoms with Gasteiger partial charge in [-0.05, 0) is 19.8 Å². The lowest BCUT2D eigenvalue weighted by atomic mass is 9.80. The van der Waals surface area contributed by atoms with Gasteiger partial charge in [0.05, 0.1) is 14.2 Å². The Labute approximate surface area is 138 Å². The summed E-state index contributed by atoms with van der Waals surface area (Å²) in [5.41, 5.74) is -0.630. The van der Waals surface area contributed by atoms with Crippen molar-refractivity contribution in [1.82, 2.24) is 0 Å². The van der Waals surface area contributed by atoms with E-state index in [2.05, 4.69) is 5.92 Å². The summed E-state index contributed by atoms with van der Waals surface area (Å²) in [6, 6.07) is 0. The molecule has 128 valence electrons. The number of carbonyl (C=O) groups excluding carboxylic acids is 3. The molecule has 0 bridgehead atoms. The summed E-state index contributed by atoms with van der Waals surface area (Å²) in [6.45, 7) is 5.56. The number of allylic oxidation sites excluding steroid dienone is 2.